The number of hydrogen-bond acceptors (Lipinski definition) is 2. The largest absolute Gasteiger partial charge is 0.478 e. The van der Waals surface area contributed by atoms with Crippen LogP contribution in [0.15, 0.2) is 30.3 Å². The fourth-order valence-corrected chi connectivity index (χ4v) is 2.52. The van der Waals surface area contributed by atoms with Crippen molar-refractivity contribution < 1.29 is 14.7 Å². The Bertz CT molecular complexity index is 546. The average molecular weight is 287 g/mol. The van der Waals surface area contributed by atoms with Crippen LogP contribution < -0.4 is 0 Å². The lowest BCUT2D eigenvalue weighted by molar-refractivity contribution is -0.131. The number of carbonyl (C=O) groups is 2. The number of carbonyl (C=O) groups excluding carboxylic acids is 1. The zero-order valence-electron chi connectivity index (χ0n) is 12.5. The zero-order chi connectivity index (χ0) is 15.4. The van der Waals surface area contributed by atoms with Crippen LogP contribution in [0.4, 0.5) is 0 Å². The van der Waals surface area contributed by atoms with E-state index in [-0.39, 0.29) is 5.91 Å². The predicted octanol–water partition coefficient (Wildman–Crippen LogP) is 2.79. The first-order valence-corrected chi connectivity index (χ1v) is 7.23. The minimum atomic E-state index is -0.957. The second-order valence-corrected chi connectivity index (χ2v) is 5.90. The number of amides is 1. The first-order valence-electron chi connectivity index (χ1n) is 7.23. The van der Waals surface area contributed by atoms with Crippen LogP contribution in [0.25, 0.3) is 6.08 Å². The Labute approximate surface area is 125 Å². The van der Waals surface area contributed by atoms with Crippen LogP contribution in [0.1, 0.15) is 31.4 Å². The summed E-state index contributed by atoms with van der Waals surface area (Å²) in [7, 11) is 0. The summed E-state index contributed by atoms with van der Waals surface area (Å²) in [6, 6.07) is 7.62. The maximum absolute atomic E-state index is 12.0. The summed E-state index contributed by atoms with van der Waals surface area (Å²) in [4.78, 5) is 24.4. The molecule has 1 fully saturated rings. The van der Waals surface area contributed by atoms with Crippen molar-refractivity contribution in [2.45, 2.75) is 26.8 Å². The van der Waals surface area contributed by atoms with Crippen LogP contribution in [-0.2, 0) is 16.1 Å². The van der Waals surface area contributed by atoms with Gasteiger partial charge in [-0.3, -0.25) is 4.79 Å². The Balaban J connectivity index is 1.98. The Morgan fingerprint density at radius 2 is 2.05 bits per heavy atom. The molecule has 4 nitrogen and oxygen atoms in total. The van der Waals surface area contributed by atoms with Crippen LogP contribution in [0.2, 0.25) is 0 Å². The maximum atomic E-state index is 12.0. The van der Waals surface area contributed by atoms with Crippen LogP contribution in [-0.4, -0.2) is 28.4 Å². The van der Waals surface area contributed by atoms with E-state index < -0.39 is 5.97 Å². The van der Waals surface area contributed by atoms with E-state index in [1.54, 1.807) is 6.08 Å². The molecule has 0 saturated carbocycles. The highest BCUT2D eigenvalue weighted by atomic mass is 16.4. The highest BCUT2D eigenvalue weighted by Gasteiger charge is 2.31. The van der Waals surface area contributed by atoms with Gasteiger partial charge in [0.25, 0.3) is 0 Å². The van der Waals surface area contributed by atoms with Gasteiger partial charge in [-0.2, -0.15) is 0 Å². The molecule has 4 heteroatoms. The van der Waals surface area contributed by atoms with Gasteiger partial charge in [0, 0.05) is 25.6 Å². The molecule has 1 amide bonds. The normalized spacial score (nSPS) is 18.9. The summed E-state index contributed by atoms with van der Waals surface area (Å²) < 4.78 is 0. The van der Waals surface area contributed by atoms with E-state index in [0.29, 0.717) is 24.8 Å². The molecule has 21 heavy (non-hydrogen) atoms. The van der Waals surface area contributed by atoms with Gasteiger partial charge in [0.05, 0.1) is 0 Å². The monoisotopic (exact) mass is 287 g/mol. The molecule has 112 valence electrons. The van der Waals surface area contributed by atoms with E-state index >= 15 is 0 Å². The van der Waals surface area contributed by atoms with Gasteiger partial charge in [0.1, 0.15) is 0 Å². The predicted molar refractivity (Wildman–Crippen MR) is 81.5 cm³/mol. The number of likely N-dealkylation sites (tertiary alicyclic amines) is 1. The molecule has 2 rings (SSSR count). The highest BCUT2D eigenvalue weighted by molar-refractivity contribution is 5.85. The molecule has 1 heterocycles. The number of benzene rings is 1. The summed E-state index contributed by atoms with van der Waals surface area (Å²) in [5.74, 6) is 0.253. The molecule has 1 saturated heterocycles. The molecule has 0 aliphatic carbocycles. The van der Waals surface area contributed by atoms with Crippen LogP contribution in [0.3, 0.4) is 0 Å². The molecule has 0 radical (unpaired) electrons. The van der Waals surface area contributed by atoms with Crippen LogP contribution >= 0.6 is 0 Å². The number of carboxylic acids is 1. The molecular weight excluding hydrogens is 266 g/mol. The van der Waals surface area contributed by atoms with Gasteiger partial charge >= 0.3 is 5.97 Å². The molecule has 1 aliphatic heterocycles. The van der Waals surface area contributed by atoms with E-state index in [4.69, 9.17) is 5.11 Å². The van der Waals surface area contributed by atoms with Gasteiger partial charge < -0.3 is 10.0 Å². The summed E-state index contributed by atoms with van der Waals surface area (Å²) in [5.41, 5.74) is 1.91. The van der Waals surface area contributed by atoms with Gasteiger partial charge in [-0.1, -0.05) is 38.1 Å². The second kappa shape index (κ2) is 6.57. The van der Waals surface area contributed by atoms with Crippen molar-refractivity contribution >= 4 is 18.0 Å². The van der Waals surface area contributed by atoms with E-state index in [9.17, 15) is 9.59 Å². The summed E-state index contributed by atoms with van der Waals surface area (Å²) in [5, 5.41) is 8.59. The first-order chi connectivity index (χ1) is 9.95. The standard InChI is InChI=1S/C17H21NO3/c1-12(2)15-9-16(19)18(11-15)10-14-5-3-13(4-6-14)7-8-17(20)21/h3-8,12,15H,9-11H2,1-2H3,(H,20,21)/b8-7+. The Kier molecular flexibility index (Phi) is 4.78. The molecule has 1 aliphatic rings. The van der Waals surface area contributed by atoms with Gasteiger partial charge in [0.15, 0.2) is 0 Å². The zero-order valence-corrected chi connectivity index (χ0v) is 12.5. The molecular formula is C17H21NO3. The van der Waals surface area contributed by atoms with Crippen molar-refractivity contribution in [3.8, 4) is 0 Å². The number of hydrogen-bond donors (Lipinski definition) is 1. The van der Waals surface area contributed by atoms with Crippen molar-refractivity contribution in [2.24, 2.45) is 11.8 Å². The number of carboxylic acid groups (broad SMARTS) is 1. The first kappa shape index (κ1) is 15.3. The van der Waals surface area contributed by atoms with Crippen LogP contribution in [0, 0.1) is 11.8 Å². The minimum Gasteiger partial charge on any atom is -0.478 e. The maximum Gasteiger partial charge on any atom is 0.328 e. The SMILES string of the molecule is CC(C)C1CC(=O)N(Cc2ccc(/C=C/C(=O)O)cc2)C1. The van der Waals surface area contributed by atoms with Gasteiger partial charge in [-0.15, -0.1) is 0 Å². The summed E-state index contributed by atoms with van der Waals surface area (Å²) >= 11 is 0. The van der Waals surface area contributed by atoms with Crippen molar-refractivity contribution in [2.75, 3.05) is 6.54 Å². The lowest BCUT2D eigenvalue weighted by Crippen LogP contribution is -2.25. The molecule has 0 spiro atoms. The third kappa shape index (κ3) is 4.18. The Morgan fingerprint density at radius 3 is 2.57 bits per heavy atom. The fraction of sp³-hybridized carbons (Fsp3) is 0.412. The summed E-state index contributed by atoms with van der Waals surface area (Å²) in [6.07, 6.45) is 3.32. The van der Waals surface area contributed by atoms with Crippen molar-refractivity contribution in [1.82, 2.24) is 4.90 Å². The summed E-state index contributed by atoms with van der Waals surface area (Å²) in [6.45, 7) is 5.78. The van der Waals surface area contributed by atoms with Crippen molar-refractivity contribution in [1.29, 1.82) is 0 Å². The molecule has 1 unspecified atom stereocenters. The lowest BCUT2D eigenvalue weighted by atomic mass is 9.95. The van der Waals surface area contributed by atoms with E-state index in [1.807, 2.05) is 29.2 Å². The molecule has 1 atom stereocenters. The van der Waals surface area contributed by atoms with Gasteiger partial charge in [-0.25, -0.2) is 4.79 Å². The van der Waals surface area contributed by atoms with Crippen molar-refractivity contribution in [3.05, 3.63) is 41.5 Å². The van der Waals surface area contributed by atoms with E-state index in [2.05, 4.69) is 13.8 Å². The van der Waals surface area contributed by atoms with Crippen LogP contribution in [0.5, 0.6) is 0 Å². The third-order valence-electron chi connectivity index (χ3n) is 3.96. The number of nitrogens with zero attached hydrogens (tertiary/aromatic N) is 1. The minimum absolute atomic E-state index is 0.226. The molecule has 0 bridgehead atoms. The second-order valence-electron chi connectivity index (χ2n) is 5.90. The molecule has 1 aromatic carbocycles. The van der Waals surface area contributed by atoms with E-state index in [1.165, 1.54) is 0 Å². The molecule has 1 N–H and O–H groups in total. The topological polar surface area (TPSA) is 57.6 Å². The van der Waals surface area contributed by atoms with E-state index in [0.717, 1.165) is 23.7 Å². The molecule has 0 aromatic heterocycles. The smallest absolute Gasteiger partial charge is 0.328 e. The average Bonchev–Trinajstić information content (AvgIpc) is 2.80. The van der Waals surface area contributed by atoms with Gasteiger partial charge in [0.2, 0.25) is 5.91 Å². The number of aliphatic carboxylic acids is 1. The van der Waals surface area contributed by atoms with Gasteiger partial charge in [-0.05, 0) is 29.0 Å². The molecule has 1 aromatic rings. The van der Waals surface area contributed by atoms with Crippen molar-refractivity contribution in [3.63, 3.8) is 0 Å². The third-order valence-corrected chi connectivity index (χ3v) is 3.96. The fourth-order valence-electron chi connectivity index (χ4n) is 2.52. The number of rotatable bonds is 5. The lowest BCUT2D eigenvalue weighted by Gasteiger charge is -2.18. The Hall–Kier alpha value is -2.10. The Morgan fingerprint density at radius 1 is 1.38 bits per heavy atom. The highest BCUT2D eigenvalue weighted by Crippen LogP contribution is 2.26. The quantitative estimate of drug-likeness (QED) is 0.847.